The Morgan fingerprint density at radius 3 is 2.43 bits per heavy atom. The fourth-order valence-corrected chi connectivity index (χ4v) is 3.06. The number of benzene rings is 2. The molecule has 0 saturated carbocycles. The van der Waals surface area contributed by atoms with E-state index >= 15 is 0 Å². The maximum absolute atomic E-state index is 13.0. The van der Waals surface area contributed by atoms with E-state index in [0.717, 1.165) is 18.5 Å². The summed E-state index contributed by atoms with van der Waals surface area (Å²) >= 11 is 0. The van der Waals surface area contributed by atoms with Gasteiger partial charge in [0.15, 0.2) is 0 Å². The molecule has 5 nitrogen and oxygen atoms in total. The summed E-state index contributed by atoms with van der Waals surface area (Å²) in [4.78, 5) is 13.0. The lowest BCUT2D eigenvalue weighted by atomic mass is 9.99. The first kappa shape index (κ1) is 21.9. The molecule has 7 heteroatoms. The smallest absolute Gasteiger partial charge is 0.248 e. The summed E-state index contributed by atoms with van der Waals surface area (Å²) in [7, 11) is 0. The lowest BCUT2D eigenvalue weighted by molar-refractivity contribution is -0.00385. The van der Waals surface area contributed by atoms with Crippen molar-refractivity contribution in [2.75, 3.05) is 19.7 Å². The van der Waals surface area contributed by atoms with Crippen LogP contribution in [0.1, 0.15) is 28.8 Å². The number of nitrogens with two attached hydrogens (primary N) is 1. The first-order chi connectivity index (χ1) is 13.0. The van der Waals surface area contributed by atoms with E-state index in [1.165, 1.54) is 17.7 Å². The van der Waals surface area contributed by atoms with Crippen LogP contribution >= 0.6 is 12.4 Å². The van der Waals surface area contributed by atoms with Gasteiger partial charge in [0.1, 0.15) is 17.8 Å². The van der Waals surface area contributed by atoms with Crippen LogP contribution in [-0.4, -0.2) is 41.8 Å². The van der Waals surface area contributed by atoms with Crippen LogP contribution in [0.3, 0.4) is 0 Å². The molecule has 0 radical (unpaired) electrons. The zero-order valence-corrected chi connectivity index (χ0v) is 16.2. The largest absolute Gasteiger partial charge is 0.493 e. The molecule has 0 aromatic heterocycles. The summed E-state index contributed by atoms with van der Waals surface area (Å²) in [5.41, 5.74) is 7.82. The Hall–Kier alpha value is -2.41. The number of carbonyl (C=O) groups is 1. The quantitative estimate of drug-likeness (QED) is 0.740. The number of nitrogens with zero attached hydrogens (tertiary/aromatic N) is 1. The molecule has 0 fully saturated rings. The molecule has 3 N–H and O–H groups in total. The molecular weight excluding hydrogens is 383 g/mol. The monoisotopic (exact) mass is 406 g/mol. The third-order valence-corrected chi connectivity index (χ3v) is 4.66. The molecule has 2 aromatic rings. The van der Waals surface area contributed by atoms with E-state index < -0.39 is 12.1 Å². The molecule has 2 aromatic carbocycles. The zero-order chi connectivity index (χ0) is 19.2. The Morgan fingerprint density at radius 1 is 1.18 bits per heavy atom. The predicted octanol–water partition coefficient (Wildman–Crippen LogP) is 3.22. The average Bonchev–Trinajstić information content (AvgIpc) is 2.69. The topological polar surface area (TPSA) is 75.8 Å². The number of aliphatic hydroxyl groups excluding tert-OH is 1. The van der Waals surface area contributed by atoms with Crippen molar-refractivity contribution in [2.45, 2.75) is 19.1 Å². The van der Waals surface area contributed by atoms with E-state index in [2.05, 4.69) is 6.08 Å². The van der Waals surface area contributed by atoms with Gasteiger partial charge in [0.05, 0.1) is 6.61 Å². The van der Waals surface area contributed by atoms with Crippen LogP contribution in [0.4, 0.5) is 4.39 Å². The molecular formula is C21H24ClFN2O3. The molecule has 3 rings (SSSR count). The number of ether oxygens (including phenoxy) is 1. The minimum absolute atomic E-state index is 0. The van der Waals surface area contributed by atoms with Gasteiger partial charge in [0.2, 0.25) is 5.91 Å². The van der Waals surface area contributed by atoms with Crippen molar-refractivity contribution in [2.24, 2.45) is 5.73 Å². The van der Waals surface area contributed by atoms with E-state index in [1.54, 1.807) is 36.4 Å². The van der Waals surface area contributed by atoms with Crippen LogP contribution in [-0.2, 0) is 0 Å². The van der Waals surface area contributed by atoms with Crippen molar-refractivity contribution in [1.29, 1.82) is 0 Å². The second-order valence-electron chi connectivity index (χ2n) is 6.49. The fraction of sp³-hybridized carbons (Fsp3) is 0.286. The first-order valence-corrected chi connectivity index (χ1v) is 8.92. The molecule has 1 amide bonds. The predicted molar refractivity (Wildman–Crippen MR) is 109 cm³/mol. The molecule has 1 unspecified atom stereocenters. The van der Waals surface area contributed by atoms with Gasteiger partial charge in [-0.3, -0.25) is 9.69 Å². The van der Waals surface area contributed by atoms with E-state index in [-0.39, 0.29) is 18.2 Å². The van der Waals surface area contributed by atoms with E-state index in [9.17, 15) is 14.3 Å². The number of amides is 1. The second-order valence-corrected chi connectivity index (χ2v) is 6.49. The highest BCUT2D eigenvalue weighted by Crippen LogP contribution is 2.23. The Morgan fingerprint density at radius 2 is 1.86 bits per heavy atom. The number of hydrogen-bond acceptors (Lipinski definition) is 4. The van der Waals surface area contributed by atoms with Gasteiger partial charge in [0, 0.05) is 25.1 Å². The number of aliphatic hydroxyl groups is 1. The fourth-order valence-electron chi connectivity index (χ4n) is 3.06. The highest BCUT2D eigenvalue weighted by Gasteiger charge is 2.19. The normalized spacial score (nSPS) is 15.3. The zero-order valence-electron chi connectivity index (χ0n) is 15.4. The van der Waals surface area contributed by atoms with Crippen LogP contribution in [0.25, 0.3) is 5.57 Å². The lowest BCUT2D eigenvalue weighted by Gasteiger charge is -2.30. The maximum Gasteiger partial charge on any atom is 0.248 e. The first-order valence-electron chi connectivity index (χ1n) is 8.92. The number of primary amides is 1. The number of hydrogen-bond donors (Lipinski definition) is 2. The highest BCUT2D eigenvalue weighted by molar-refractivity contribution is 5.92. The maximum atomic E-state index is 13.0. The minimum Gasteiger partial charge on any atom is -0.493 e. The SMILES string of the molecule is Cl.NC(=O)c1ccc(OCCC(O)N2CC=C(c3ccc(F)cc3)CC2)cc1. The van der Waals surface area contributed by atoms with Gasteiger partial charge in [-0.1, -0.05) is 18.2 Å². The molecule has 1 aliphatic heterocycles. The third kappa shape index (κ3) is 5.79. The molecule has 150 valence electrons. The van der Waals surface area contributed by atoms with Gasteiger partial charge in [-0.15, -0.1) is 12.4 Å². The Balaban J connectivity index is 0.00000280. The van der Waals surface area contributed by atoms with E-state index in [1.807, 2.05) is 4.90 Å². The van der Waals surface area contributed by atoms with Crippen molar-refractivity contribution >= 4 is 23.9 Å². The van der Waals surface area contributed by atoms with Gasteiger partial charge in [-0.05, 0) is 54.0 Å². The van der Waals surface area contributed by atoms with Crippen LogP contribution in [0.15, 0.2) is 54.6 Å². The Labute approximate surface area is 170 Å². The van der Waals surface area contributed by atoms with Gasteiger partial charge in [0.25, 0.3) is 0 Å². The molecule has 1 atom stereocenters. The Kier molecular flexibility index (Phi) is 7.99. The average molecular weight is 407 g/mol. The molecule has 0 spiro atoms. The highest BCUT2D eigenvalue weighted by atomic mass is 35.5. The second kappa shape index (κ2) is 10.2. The summed E-state index contributed by atoms with van der Waals surface area (Å²) in [5, 5.41) is 10.4. The molecule has 0 saturated heterocycles. The van der Waals surface area contributed by atoms with Crippen LogP contribution in [0.2, 0.25) is 0 Å². The van der Waals surface area contributed by atoms with Gasteiger partial charge in [-0.2, -0.15) is 0 Å². The molecule has 28 heavy (non-hydrogen) atoms. The number of halogens is 2. The van der Waals surface area contributed by atoms with Gasteiger partial charge in [-0.25, -0.2) is 4.39 Å². The van der Waals surface area contributed by atoms with Crippen LogP contribution in [0.5, 0.6) is 5.75 Å². The van der Waals surface area contributed by atoms with Gasteiger partial charge < -0.3 is 15.6 Å². The molecule has 1 heterocycles. The molecule has 1 aliphatic rings. The summed E-state index contributed by atoms with van der Waals surface area (Å²) in [6.07, 6.45) is 2.75. The van der Waals surface area contributed by atoms with Gasteiger partial charge >= 0.3 is 0 Å². The summed E-state index contributed by atoms with van der Waals surface area (Å²) in [6.45, 7) is 1.74. The lowest BCUT2D eigenvalue weighted by Crippen LogP contribution is -2.39. The van der Waals surface area contributed by atoms with Crippen LogP contribution in [0, 0.1) is 5.82 Å². The summed E-state index contributed by atoms with van der Waals surface area (Å²) in [5.74, 6) is -0.0871. The minimum atomic E-state index is -0.596. The molecule has 0 bridgehead atoms. The number of rotatable bonds is 7. The standard InChI is InChI=1S/C21H23FN2O3.ClH/c22-18-5-1-15(2-6-18)16-9-12-24(13-10-16)20(25)11-14-27-19-7-3-17(4-8-19)21(23)26;/h1-9,20,25H,10-14H2,(H2,23,26);1H. The summed E-state index contributed by atoms with van der Waals surface area (Å²) < 4.78 is 18.6. The third-order valence-electron chi connectivity index (χ3n) is 4.66. The molecule has 0 aliphatic carbocycles. The van der Waals surface area contributed by atoms with E-state index in [0.29, 0.717) is 30.9 Å². The van der Waals surface area contributed by atoms with E-state index in [4.69, 9.17) is 10.5 Å². The van der Waals surface area contributed by atoms with Crippen LogP contribution < -0.4 is 10.5 Å². The Bertz CT molecular complexity index is 809. The van der Waals surface area contributed by atoms with Crippen molar-refractivity contribution < 1.29 is 19.0 Å². The number of carbonyl (C=O) groups excluding carboxylic acids is 1. The van der Waals surface area contributed by atoms with Crippen molar-refractivity contribution in [1.82, 2.24) is 4.90 Å². The summed E-state index contributed by atoms with van der Waals surface area (Å²) in [6, 6.07) is 13.1. The van der Waals surface area contributed by atoms with Crippen molar-refractivity contribution in [3.63, 3.8) is 0 Å². The van der Waals surface area contributed by atoms with Crippen molar-refractivity contribution in [3.8, 4) is 5.75 Å². The van der Waals surface area contributed by atoms with Crippen molar-refractivity contribution in [3.05, 3.63) is 71.6 Å².